The van der Waals surface area contributed by atoms with Gasteiger partial charge in [0.2, 0.25) is 0 Å². The maximum absolute atomic E-state index is 11.1. The maximum atomic E-state index is 11.1. The molecule has 0 aliphatic heterocycles. The van der Waals surface area contributed by atoms with Gasteiger partial charge < -0.3 is 14.7 Å². The van der Waals surface area contributed by atoms with Crippen molar-refractivity contribution in [3.05, 3.63) is 23.4 Å². The van der Waals surface area contributed by atoms with Gasteiger partial charge in [0.05, 0.1) is 12.2 Å². The molecule has 0 aliphatic carbocycles. The van der Waals surface area contributed by atoms with Crippen molar-refractivity contribution < 1.29 is 14.6 Å². The van der Waals surface area contributed by atoms with Crippen molar-refractivity contribution in [2.24, 2.45) is 5.92 Å². The zero-order chi connectivity index (χ0) is 14.4. The summed E-state index contributed by atoms with van der Waals surface area (Å²) < 4.78 is 5.10. The lowest BCUT2D eigenvalue weighted by atomic mass is 10.2. The number of carboxylic acids is 1. The second-order valence-corrected chi connectivity index (χ2v) is 4.99. The second kappa shape index (κ2) is 7.09. The van der Waals surface area contributed by atoms with Gasteiger partial charge >= 0.3 is 5.97 Å². The first-order chi connectivity index (χ1) is 8.93. The van der Waals surface area contributed by atoms with E-state index in [0.29, 0.717) is 30.6 Å². The third-order valence-electron chi connectivity index (χ3n) is 2.66. The number of carboxylic acid groups (broad SMARTS) is 1. The van der Waals surface area contributed by atoms with Crippen LogP contribution >= 0.6 is 0 Å². The van der Waals surface area contributed by atoms with Crippen molar-refractivity contribution in [3.8, 4) is 0 Å². The quantitative estimate of drug-likeness (QED) is 0.819. The number of rotatable bonds is 7. The largest absolute Gasteiger partial charge is 0.478 e. The number of carbonyl (C=O) groups is 1. The summed E-state index contributed by atoms with van der Waals surface area (Å²) in [6.45, 7) is 8.15. The number of pyridine rings is 1. The van der Waals surface area contributed by atoms with Gasteiger partial charge in [0.15, 0.2) is 0 Å². The molecule has 0 amide bonds. The minimum Gasteiger partial charge on any atom is -0.478 e. The van der Waals surface area contributed by atoms with E-state index >= 15 is 0 Å². The molecule has 0 fully saturated rings. The Kier molecular flexibility index (Phi) is 5.76. The number of hydrogen-bond donors (Lipinski definition) is 1. The van der Waals surface area contributed by atoms with Crippen LogP contribution in [0.3, 0.4) is 0 Å². The van der Waals surface area contributed by atoms with Crippen LogP contribution in [0, 0.1) is 12.8 Å². The standard InChI is InChI=1S/C14H22N2O3/c1-10(2)9-16(5-6-19-4)13-8-12(14(17)18)7-11(3)15-13/h7-8,10H,5-6,9H2,1-4H3,(H,17,18). The van der Waals surface area contributed by atoms with E-state index in [1.165, 1.54) is 0 Å². The lowest BCUT2D eigenvalue weighted by Crippen LogP contribution is -2.32. The third kappa shape index (κ3) is 4.87. The first-order valence-corrected chi connectivity index (χ1v) is 6.40. The molecule has 1 heterocycles. The van der Waals surface area contributed by atoms with E-state index in [2.05, 4.69) is 23.7 Å². The number of anilines is 1. The van der Waals surface area contributed by atoms with Crippen molar-refractivity contribution in [2.45, 2.75) is 20.8 Å². The van der Waals surface area contributed by atoms with Crippen LogP contribution in [0.5, 0.6) is 0 Å². The van der Waals surface area contributed by atoms with Gasteiger partial charge in [-0.1, -0.05) is 13.8 Å². The number of methoxy groups -OCH3 is 1. The smallest absolute Gasteiger partial charge is 0.335 e. The average molecular weight is 266 g/mol. The number of nitrogens with zero attached hydrogens (tertiary/aromatic N) is 2. The van der Waals surface area contributed by atoms with Crippen LogP contribution in [0.4, 0.5) is 5.82 Å². The molecular weight excluding hydrogens is 244 g/mol. The van der Waals surface area contributed by atoms with Crippen LogP contribution < -0.4 is 4.90 Å². The summed E-state index contributed by atoms with van der Waals surface area (Å²) in [5.41, 5.74) is 0.981. The molecule has 5 nitrogen and oxygen atoms in total. The lowest BCUT2D eigenvalue weighted by Gasteiger charge is -2.26. The van der Waals surface area contributed by atoms with Crippen molar-refractivity contribution in [1.82, 2.24) is 4.98 Å². The van der Waals surface area contributed by atoms with Crippen LogP contribution in [0.1, 0.15) is 29.9 Å². The molecule has 106 valence electrons. The second-order valence-electron chi connectivity index (χ2n) is 4.99. The lowest BCUT2D eigenvalue weighted by molar-refractivity contribution is 0.0696. The highest BCUT2D eigenvalue weighted by Crippen LogP contribution is 2.16. The molecule has 0 saturated carbocycles. The fourth-order valence-electron chi connectivity index (χ4n) is 1.88. The molecule has 0 bridgehead atoms. The fraction of sp³-hybridized carbons (Fsp3) is 0.571. The Morgan fingerprint density at radius 3 is 2.68 bits per heavy atom. The molecule has 0 atom stereocenters. The van der Waals surface area contributed by atoms with Gasteiger partial charge in [-0.05, 0) is 25.0 Å². The van der Waals surface area contributed by atoms with Crippen LogP contribution in [0.25, 0.3) is 0 Å². The average Bonchev–Trinajstić information content (AvgIpc) is 2.33. The molecule has 5 heteroatoms. The highest BCUT2D eigenvalue weighted by atomic mass is 16.5. The predicted octanol–water partition coefficient (Wildman–Crippen LogP) is 2.20. The van der Waals surface area contributed by atoms with E-state index in [1.807, 2.05) is 0 Å². The number of hydrogen-bond acceptors (Lipinski definition) is 4. The summed E-state index contributed by atoms with van der Waals surface area (Å²) in [6.07, 6.45) is 0. The highest BCUT2D eigenvalue weighted by molar-refractivity contribution is 5.88. The number of aromatic nitrogens is 1. The first-order valence-electron chi connectivity index (χ1n) is 6.40. The molecule has 0 aliphatic rings. The van der Waals surface area contributed by atoms with Gasteiger partial charge in [-0.2, -0.15) is 0 Å². The Hall–Kier alpha value is -1.62. The Morgan fingerprint density at radius 1 is 1.47 bits per heavy atom. The minimum atomic E-state index is -0.928. The number of aryl methyl sites for hydroxylation is 1. The van der Waals surface area contributed by atoms with Gasteiger partial charge in [0, 0.05) is 25.9 Å². The molecule has 1 aromatic heterocycles. The van der Waals surface area contributed by atoms with E-state index < -0.39 is 5.97 Å². The summed E-state index contributed by atoms with van der Waals surface area (Å²) >= 11 is 0. The minimum absolute atomic E-state index is 0.272. The molecule has 0 radical (unpaired) electrons. The molecule has 0 unspecified atom stereocenters. The topological polar surface area (TPSA) is 62.7 Å². The first kappa shape index (κ1) is 15.4. The van der Waals surface area contributed by atoms with E-state index in [-0.39, 0.29) is 5.56 Å². The van der Waals surface area contributed by atoms with Crippen molar-refractivity contribution in [2.75, 3.05) is 31.7 Å². The molecule has 0 aromatic carbocycles. The van der Waals surface area contributed by atoms with E-state index in [9.17, 15) is 4.79 Å². The van der Waals surface area contributed by atoms with Crippen LogP contribution in [0.15, 0.2) is 12.1 Å². The molecule has 19 heavy (non-hydrogen) atoms. The maximum Gasteiger partial charge on any atom is 0.335 e. The van der Waals surface area contributed by atoms with Crippen molar-refractivity contribution >= 4 is 11.8 Å². The Bertz CT molecular complexity index is 433. The summed E-state index contributed by atoms with van der Waals surface area (Å²) in [4.78, 5) is 17.6. The Balaban J connectivity index is 3.02. The number of ether oxygens (including phenoxy) is 1. The molecule has 0 spiro atoms. The van der Waals surface area contributed by atoms with E-state index in [4.69, 9.17) is 9.84 Å². The summed E-state index contributed by atoms with van der Waals surface area (Å²) in [7, 11) is 1.65. The normalized spacial score (nSPS) is 10.8. The van der Waals surface area contributed by atoms with Crippen molar-refractivity contribution in [1.29, 1.82) is 0 Å². The summed E-state index contributed by atoms with van der Waals surface area (Å²) in [6, 6.07) is 3.20. The summed E-state index contributed by atoms with van der Waals surface area (Å²) in [5, 5.41) is 9.10. The monoisotopic (exact) mass is 266 g/mol. The van der Waals surface area contributed by atoms with Gasteiger partial charge in [-0.15, -0.1) is 0 Å². The predicted molar refractivity (Wildman–Crippen MR) is 74.9 cm³/mol. The Morgan fingerprint density at radius 2 is 2.16 bits per heavy atom. The van der Waals surface area contributed by atoms with Gasteiger partial charge in [-0.25, -0.2) is 9.78 Å². The highest BCUT2D eigenvalue weighted by Gasteiger charge is 2.13. The van der Waals surface area contributed by atoms with Crippen LogP contribution in [-0.2, 0) is 4.74 Å². The summed E-state index contributed by atoms with van der Waals surface area (Å²) in [5.74, 6) is 0.235. The van der Waals surface area contributed by atoms with Crippen molar-refractivity contribution in [3.63, 3.8) is 0 Å². The number of aromatic carboxylic acids is 1. The third-order valence-corrected chi connectivity index (χ3v) is 2.66. The van der Waals surface area contributed by atoms with Crippen LogP contribution in [-0.4, -0.2) is 42.9 Å². The van der Waals surface area contributed by atoms with Gasteiger partial charge in [0.1, 0.15) is 5.82 Å². The molecule has 1 rings (SSSR count). The molecule has 1 N–H and O–H groups in total. The van der Waals surface area contributed by atoms with Gasteiger partial charge in [-0.3, -0.25) is 0 Å². The van der Waals surface area contributed by atoms with Crippen LogP contribution in [0.2, 0.25) is 0 Å². The van der Waals surface area contributed by atoms with E-state index in [1.54, 1.807) is 26.2 Å². The fourth-order valence-corrected chi connectivity index (χ4v) is 1.88. The molecular formula is C14H22N2O3. The molecule has 0 saturated heterocycles. The zero-order valence-corrected chi connectivity index (χ0v) is 12.0. The SMILES string of the molecule is COCCN(CC(C)C)c1cc(C(=O)O)cc(C)n1. The van der Waals surface area contributed by atoms with E-state index in [0.717, 1.165) is 6.54 Å². The van der Waals surface area contributed by atoms with Gasteiger partial charge in [0.25, 0.3) is 0 Å². The Labute approximate surface area is 114 Å². The molecule has 1 aromatic rings. The zero-order valence-electron chi connectivity index (χ0n) is 12.0.